The van der Waals surface area contributed by atoms with Gasteiger partial charge in [0, 0.05) is 5.92 Å². The lowest BCUT2D eigenvalue weighted by Crippen LogP contribution is -2.29. The predicted octanol–water partition coefficient (Wildman–Crippen LogP) is 3.07. The summed E-state index contributed by atoms with van der Waals surface area (Å²) in [5.74, 6) is 2.09. The molecule has 25 heavy (non-hydrogen) atoms. The highest BCUT2D eigenvalue weighted by atomic mass is 16.5. The molecule has 0 saturated carbocycles. The largest absolute Gasteiger partial charge is 0.504 e. The van der Waals surface area contributed by atoms with E-state index in [9.17, 15) is 10.2 Å². The number of methoxy groups -OCH3 is 2. The SMILES string of the molecule is COc1cc([C@H]2c3cc(O)c(OC)cc3C[C@H]3COC[C@@H]32)ccc1O. The molecule has 1 aliphatic carbocycles. The van der Waals surface area contributed by atoms with E-state index in [1.807, 2.05) is 24.3 Å². The molecule has 0 amide bonds. The lowest BCUT2D eigenvalue weighted by molar-refractivity contribution is 0.179. The number of benzene rings is 2. The molecular weight excluding hydrogens is 320 g/mol. The third-order valence-corrected chi connectivity index (χ3v) is 5.50. The Bertz CT molecular complexity index is 801. The fourth-order valence-electron chi connectivity index (χ4n) is 4.28. The van der Waals surface area contributed by atoms with Crippen LogP contribution in [0.4, 0.5) is 0 Å². The van der Waals surface area contributed by atoms with Crippen LogP contribution < -0.4 is 9.47 Å². The fraction of sp³-hybridized carbons (Fsp3) is 0.400. The van der Waals surface area contributed by atoms with Crippen molar-refractivity contribution in [2.45, 2.75) is 12.3 Å². The minimum atomic E-state index is 0.0857. The average Bonchev–Trinajstić information content (AvgIpc) is 3.08. The zero-order valence-corrected chi connectivity index (χ0v) is 14.4. The molecule has 132 valence electrons. The van der Waals surface area contributed by atoms with Gasteiger partial charge in [-0.3, -0.25) is 0 Å². The number of phenols is 2. The molecular formula is C20H22O5. The molecule has 2 aromatic carbocycles. The third-order valence-electron chi connectivity index (χ3n) is 5.50. The Hall–Kier alpha value is -2.40. The predicted molar refractivity (Wildman–Crippen MR) is 92.7 cm³/mol. The molecule has 0 radical (unpaired) electrons. The summed E-state index contributed by atoms with van der Waals surface area (Å²) >= 11 is 0. The van der Waals surface area contributed by atoms with Gasteiger partial charge in [0.15, 0.2) is 23.0 Å². The smallest absolute Gasteiger partial charge is 0.160 e. The van der Waals surface area contributed by atoms with E-state index < -0.39 is 0 Å². The first-order valence-corrected chi connectivity index (χ1v) is 8.46. The summed E-state index contributed by atoms with van der Waals surface area (Å²) in [6.45, 7) is 1.45. The summed E-state index contributed by atoms with van der Waals surface area (Å²) in [4.78, 5) is 0. The topological polar surface area (TPSA) is 68.2 Å². The van der Waals surface area contributed by atoms with Crippen LogP contribution in [-0.2, 0) is 11.2 Å². The molecule has 1 saturated heterocycles. The summed E-state index contributed by atoms with van der Waals surface area (Å²) in [6.07, 6.45) is 0.919. The minimum Gasteiger partial charge on any atom is -0.504 e. The van der Waals surface area contributed by atoms with Gasteiger partial charge < -0.3 is 24.4 Å². The summed E-state index contributed by atoms with van der Waals surface area (Å²) in [5.41, 5.74) is 3.33. The van der Waals surface area contributed by atoms with Crippen molar-refractivity contribution in [1.82, 2.24) is 0 Å². The van der Waals surface area contributed by atoms with Crippen LogP contribution >= 0.6 is 0 Å². The molecule has 1 aliphatic heterocycles. The van der Waals surface area contributed by atoms with Crippen LogP contribution in [0.3, 0.4) is 0 Å². The van der Waals surface area contributed by atoms with E-state index >= 15 is 0 Å². The van der Waals surface area contributed by atoms with E-state index in [0.29, 0.717) is 29.9 Å². The van der Waals surface area contributed by atoms with Crippen molar-refractivity contribution in [3.05, 3.63) is 47.0 Å². The van der Waals surface area contributed by atoms with Crippen molar-refractivity contribution < 1.29 is 24.4 Å². The molecule has 5 nitrogen and oxygen atoms in total. The summed E-state index contributed by atoms with van der Waals surface area (Å²) < 4.78 is 16.3. The summed E-state index contributed by atoms with van der Waals surface area (Å²) in [7, 11) is 3.11. The molecule has 0 bridgehead atoms. The Morgan fingerprint density at radius 2 is 1.72 bits per heavy atom. The highest BCUT2D eigenvalue weighted by Crippen LogP contribution is 2.49. The van der Waals surface area contributed by atoms with Crippen LogP contribution in [0.2, 0.25) is 0 Å². The van der Waals surface area contributed by atoms with Crippen molar-refractivity contribution in [2.24, 2.45) is 11.8 Å². The van der Waals surface area contributed by atoms with Crippen LogP contribution in [0.1, 0.15) is 22.6 Å². The van der Waals surface area contributed by atoms with E-state index in [1.54, 1.807) is 20.3 Å². The van der Waals surface area contributed by atoms with Gasteiger partial charge in [0.05, 0.1) is 27.4 Å². The number of aromatic hydroxyl groups is 2. The molecule has 3 atom stereocenters. The molecule has 0 aromatic heterocycles. The zero-order valence-electron chi connectivity index (χ0n) is 14.4. The van der Waals surface area contributed by atoms with E-state index in [1.165, 1.54) is 5.56 Å². The maximum absolute atomic E-state index is 10.3. The lowest BCUT2D eigenvalue weighted by atomic mass is 9.68. The second kappa shape index (κ2) is 6.15. The van der Waals surface area contributed by atoms with Gasteiger partial charge in [-0.1, -0.05) is 6.07 Å². The molecule has 4 rings (SSSR count). The monoisotopic (exact) mass is 342 g/mol. The van der Waals surface area contributed by atoms with Gasteiger partial charge in [-0.05, 0) is 59.2 Å². The molecule has 2 aromatic rings. The Balaban J connectivity index is 1.87. The van der Waals surface area contributed by atoms with Gasteiger partial charge in [-0.15, -0.1) is 0 Å². The molecule has 1 fully saturated rings. The Kier molecular flexibility index (Phi) is 3.96. The third kappa shape index (κ3) is 2.59. The van der Waals surface area contributed by atoms with Crippen molar-refractivity contribution in [1.29, 1.82) is 0 Å². The van der Waals surface area contributed by atoms with Crippen molar-refractivity contribution in [3.8, 4) is 23.0 Å². The highest BCUT2D eigenvalue weighted by Gasteiger charge is 2.41. The zero-order chi connectivity index (χ0) is 17.6. The molecule has 2 N–H and O–H groups in total. The standard InChI is InChI=1S/C20H22O5/c1-23-18-6-11(3-4-16(18)21)20-14-8-17(22)19(24-2)7-12(14)5-13-9-25-10-15(13)20/h3-4,6-8,13,15,20-22H,5,9-10H2,1-2H3/t13-,15-,20-/m0/s1. The minimum absolute atomic E-state index is 0.0857. The number of fused-ring (bicyclic) bond motifs is 2. The number of ether oxygens (including phenoxy) is 3. The second-order valence-electron chi connectivity index (χ2n) is 6.80. The molecule has 0 unspecified atom stereocenters. The van der Waals surface area contributed by atoms with Crippen molar-refractivity contribution in [2.75, 3.05) is 27.4 Å². The number of hydrogen-bond donors (Lipinski definition) is 2. The van der Waals surface area contributed by atoms with Crippen LogP contribution in [0.15, 0.2) is 30.3 Å². The van der Waals surface area contributed by atoms with Gasteiger partial charge >= 0.3 is 0 Å². The highest BCUT2D eigenvalue weighted by molar-refractivity contribution is 5.53. The maximum Gasteiger partial charge on any atom is 0.160 e. The van der Waals surface area contributed by atoms with Gasteiger partial charge in [0.1, 0.15) is 0 Å². The van der Waals surface area contributed by atoms with E-state index in [2.05, 4.69) is 0 Å². The van der Waals surface area contributed by atoms with Gasteiger partial charge in [-0.25, -0.2) is 0 Å². The normalized spacial score (nSPS) is 24.5. The van der Waals surface area contributed by atoms with Crippen molar-refractivity contribution in [3.63, 3.8) is 0 Å². The van der Waals surface area contributed by atoms with E-state index in [-0.39, 0.29) is 17.4 Å². The molecule has 5 heteroatoms. The quantitative estimate of drug-likeness (QED) is 0.897. The number of hydrogen-bond acceptors (Lipinski definition) is 5. The van der Waals surface area contributed by atoms with Gasteiger partial charge in [-0.2, -0.15) is 0 Å². The average molecular weight is 342 g/mol. The van der Waals surface area contributed by atoms with E-state index in [0.717, 1.165) is 24.2 Å². The number of rotatable bonds is 3. The van der Waals surface area contributed by atoms with Crippen LogP contribution in [0.25, 0.3) is 0 Å². The van der Waals surface area contributed by atoms with Gasteiger partial charge in [0.25, 0.3) is 0 Å². The second-order valence-corrected chi connectivity index (χ2v) is 6.80. The molecule has 1 heterocycles. The maximum atomic E-state index is 10.3. The lowest BCUT2D eigenvalue weighted by Gasteiger charge is -2.35. The van der Waals surface area contributed by atoms with Crippen LogP contribution in [-0.4, -0.2) is 37.6 Å². The summed E-state index contributed by atoms with van der Waals surface area (Å²) in [5, 5.41) is 20.2. The van der Waals surface area contributed by atoms with Crippen LogP contribution in [0, 0.1) is 11.8 Å². The van der Waals surface area contributed by atoms with E-state index in [4.69, 9.17) is 14.2 Å². The first-order valence-electron chi connectivity index (χ1n) is 8.46. The molecule has 2 aliphatic rings. The number of phenolic OH excluding ortho intramolecular Hbond substituents is 2. The van der Waals surface area contributed by atoms with Crippen LogP contribution in [0.5, 0.6) is 23.0 Å². The first kappa shape index (κ1) is 16.1. The van der Waals surface area contributed by atoms with Crippen molar-refractivity contribution >= 4 is 0 Å². The molecule has 0 spiro atoms. The Morgan fingerprint density at radius 1 is 0.960 bits per heavy atom. The first-order chi connectivity index (χ1) is 12.1. The van der Waals surface area contributed by atoms with Gasteiger partial charge in [0.2, 0.25) is 0 Å². The fourth-order valence-corrected chi connectivity index (χ4v) is 4.28. The Labute approximate surface area is 146 Å². The Morgan fingerprint density at radius 3 is 2.48 bits per heavy atom. The summed E-state index contributed by atoms with van der Waals surface area (Å²) in [6, 6.07) is 9.22.